The number of ketones is 1. The highest BCUT2D eigenvalue weighted by atomic mass is 16.5. The van der Waals surface area contributed by atoms with Gasteiger partial charge in [-0.05, 0) is 87.2 Å². The van der Waals surface area contributed by atoms with Gasteiger partial charge in [0.25, 0.3) is 0 Å². The fourth-order valence-corrected chi connectivity index (χ4v) is 6.70. The molecule has 128 valence electrons. The van der Waals surface area contributed by atoms with Crippen molar-refractivity contribution >= 4 is 5.78 Å². The summed E-state index contributed by atoms with van der Waals surface area (Å²) < 4.78 is 5.64. The van der Waals surface area contributed by atoms with E-state index in [0.717, 1.165) is 32.1 Å². The van der Waals surface area contributed by atoms with Gasteiger partial charge >= 0.3 is 0 Å². The van der Waals surface area contributed by atoms with E-state index in [1.165, 1.54) is 12.8 Å². The summed E-state index contributed by atoms with van der Waals surface area (Å²) in [6.45, 7) is 4.44. The fourth-order valence-electron chi connectivity index (χ4n) is 6.70. The quantitative estimate of drug-likeness (QED) is 0.805. The molecule has 0 amide bonds. The van der Waals surface area contributed by atoms with Crippen molar-refractivity contribution in [3.05, 3.63) is 12.2 Å². The third-order valence-electron chi connectivity index (χ3n) is 8.41. The number of aliphatic hydroxyl groups is 1. The van der Waals surface area contributed by atoms with Crippen LogP contribution in [0.4, 0.5) is 0 Å². The molecular weight excluding hydrogens is 288 g/mol. The van der Waals surface area contributed by atoms with Gasteiger partial charge in [-0.15, -0.1) is 0 Å². The van der Waals surface area contributed by atoms with Crippen LogP contribution in [0.3, 0.4) is 0 Å². The van der Waals surface area contributed by atoms with E-state index in [2.05, 4.69) is 6.92 Å². The monoisotopic (exact) mass is 318 g/mol. The van der Waals surface area contributed by atoms with Crippen LogP contribution in [-0.4, -0.2) is 29.7 Å². The van der Waals surface area contributed by atoms with Crippen molar-refractivity contribution < 1.29 is 14.6 Å². The van der Waals surface area contributed by atoms with E-state index in [-0.39, 0.29) is 11.7 Å². The van der Waals surface area contributed by atoms with E-state index >= 15 is 0 Å². The summed E-state index contributed by atoms with van der Waals surface area (Å²) in [6, 6.07) is 0. The van der Waals surface area contributed by atoms with Crippen molar-refractivity contribution in [1.82, 2.24) is 0 Å². The van der Waals surface area contributed by atoms with Gasteiger partial charge in [0.2, 0.25) is 0 Å². The number of fused-ring (bicyclic) bond motifs is 5. The fraction of sp³-hybridized carbons (Fsp3) is 0.850. The van der Waals surface area contributed by atoms with Crippen LogP contribution in [0.1, 0.15) is 58.8 Å². The van der Waals surface area contributed by atoms with Crippen molar-refractivity contribution in [1.29, 1.82) is 0 Å². The average Bonchev–Trinajstić information content (AvgIpc) is 2.78. The van der Waals surface area contributed by atoms with Crippen molar-refractivity contribution in [3.8, 4) is 0 Å². The minimum Gasteiger partial charge on any atom is -0.384 e. The molecule has 0 aromatic heterocycles. The topological polar surface area (TPSA) is 46.5 Å². The van der Waals surface area contributed by atoms with E-state index < -0.39 is 11.0 Å². The SMILES string of the molecule is CO[C@H]1CC[C@@]2(C)[C@@H](CC[C@@H]3[C@@H]2CC[C@]2(C)C(=O)C=C[C@]32O)C1. The minimum atomic E-state index is -0.918. The van der Waals surface area contributed by atoms with Crippen LogP contribution in [0.2, 0.25) is 0 Å². The first-order valence-electron chi connectivity index (χ1n) is 9.34. The first kappa shape index (κ1) is 15.8. The number of carbonyl (C=O) groups excluding carboxylic acids is 1. The molecule has 0 aliphatic heterocycles. The van der Waals surface area contributed by atoms with Gasteiger partial charge in [0, 0.05) is 7.11 Å². The molecule has 0 saturated heterocycles. The van der Waals surface area contributed by atoms with E-state index in [1.54, 1.807) is 6.08 Å². The van der Waals surface area contributed by atoms with Gasteiger partial charge in [0.15, 0.2) is 5.78 Å². The van der Waals surface area contributed by atoms with Gasteiger partial charge in [0.1, 0.15) is 0 Å². The van der Waals surface area contributed by atoms with E-state index in [4.69, 9.17) is 4.74 Å². The molecule has 0 radical (unpaired) electrons. The summed E-state index contributed by atoms with van der Waals surface area (Å²) in [6.07, 6.45) is 11.5. The first-order chi connectivity index (χ1) is 10.8. The Morgan fingerprint density at radius 1 is 1.13 bits per heavy atom. The van der Waals surface area contributed by atoms with Crippen LogP contribution >= 0.6 is 0 Å². The summed E-state index contributed by atoms with van der Waals surface area (Å²) in [4.78, 5) is 12.4. The van der Waals surface area contributed by atoms with Gasteiger partial charge in [-0.1, -0.05) is 6.92 Å². The largest absolute Gasteiger partial charge is 0.384 e. The lowest BCUT2D eigenvalue weighted by Crippen LogP contribution is -2.62. The van der Waals surface area contributed by atoms with Crippen molar-refractivity contribution in [2.75, 3.05) is 7.11 Å². The lowest BCUT2D eigenvalue weighted by atomic mass is 9.44. The molecule has 1 N–H and O–H groups in total. The number of methoxy groups -OCH3 is 1. The second-order valence-corrected chi connectivity index (χ2v) is 9.02. The molecule has 3 nitrogen and oxygen atoms in total. The van der Waals surface area contributed by atoms with Crippen LogP contribution < -0.4 is 0 Å². The van der Waals surface area contributed by atoms with Gasteiger partial charge in [0.05, 0.1) is 17.1 Å². The Hall–Kier alpha value is -0.670. The molecule has 4 aliphatic carbocycles. The maximum absolute atomic E-state index is 12.4. The molecule has 4 aliphatic rings. The summed E-state index contributed by atoms with van der Waals surface area (Å²) in [7, 11) is 1.84. The Balaban J connectivity index is 1.67. The normalized spacial score (nSPS) is 55.2. The number of allylic oxidation sites excluding steroid dienone is 1. The molecule has 23 heavy (non-hydrogen) atoms. The minimum absolute atomic E-state index is 0.133. The molecule has 0 unspecified atom stereocenters. The van der Waals surface area contributed by atoms with E-state index in [9.17, 15) is 9.90 Å². The van der Waals surface area contributed by atoms with Crippen LogP contribution in [0.5, 0.6) is 0 Å². The smallest absolute Gasteiger partial charge is 0.164 e. The van der Waals surface area contributed by atoms with Gasteiger partial charge in [-0.3, -0.25) is 4.79 Å². The Morgan fingerprint density at radius 2 is 1.91 bits per heavy atom. The van der Waals surface area contributed by atoms with Crippen molar-refractivity contribution in [2.24, 2.45) is 28.6 Å². The van der Waals surface area contributed by atoms with Gasteiger partial charge < -0.3 is 9.84 Å². The number of ether oxygens (including phenoxy) is 1. The van der Waals surface area contributed by atoms with Crippen molar-refractivity contribution in [3.63, 3.8) is 0 Å². The summed E-state index contributed by atoms with van der Waals surface area (Å²) in [5, 5.41) is 11.5. The highest BCUT2D eigenvalue weighted by Crippen LogP contribution is 2.65. The number of carbonyl (C=O) groups is 1. The van der Waals surface area contributed by atoms with E-state index in [0.29, 0.717) is 23.4 Å². The molecule has 0 spiro atoms. The zero-order valence-electron chi connectivity index (χ0n) is 14.7. The molecular formula is C20H30O3. The highest BCUT2D eigenvalue weighted by Gasteiger charge is 2.65. The summed E-state index contributed by atoms with van der Waals surface area (Å²) in [5.41, 5.74) is -1.20. The molecule has 7 atom stereocenters. The zero-order valence-corrected chi connectivity index (χ0v) is 14.7. The van der Waals surface area contributed by atoms with Crippen LogP contribution in [0.15, 0.2) is 12.2 Å². The van der Waals surface area contributed by atoms with Crippen molar-refractivity contribution in [2.45, 2.75) is 70.5 Å². The predicted molar refractivity (Wildman–Crippen MR) is 88.9 cm³/mol. The third kappa shape index (κ3) is 1.87. The number of hydrogen-bond donors (Lipinski definition) is 1. The standard InChI is InChI=1S/C20H30O3/c1-18-9-6-14(23-3)12-13(18)4-5-16-15(18)7-10-19(2)17(21)8-11-20(16,19)22/h8,11,13-16,22H,4-7,9-10,12H2,1-3H3/t13-,14-,15-,16+,18-,19+,20-/m0/s1. The van der Waals surface area contributed by atoms with E-state index in [1.807, 2.05) is 20.1 Å². The molecule has 0 heterocycles. The second kappa shape index (κ2) is 4.92. The molecule has 0 aromatic carbocycles. The maximum atomic E-state index is 12.4. The second-order valence-electron chi connectivity index (χ2n) is 9.02. The van der Waals surface area contributed by atoms with Gasteiger partial charge in [-0.25, -0.2) is 0 Å². The molecule has 3 fully saturated rings. The maximum Gasteiger partial charge on any atom is 0.164 e. The molecule has 3 heteroatoms. The third-order valence-corrected chi connectivity index (χ3v) is 8.41. The summed E-state index contributed by atoms with van der Waals surface area (Å²) in [5.74, 6) is 1.61. The molecule has 4 rings (SSSR count). The first-order valence-corrected chi connectivity index (χ1v) is 9.34. The Kier molecular flexibility index (Phi) is 3.39. The lowest BCUT2D eigenvalue weighted by molar-refractivity contribution is -0.189. The number of rotatable bonds is 1. The van der Waals surface area contributed by atoms with Crippen LogP contribution in [-0.2, 0) is 9.53 Å². The number of hydrogen-bond acceptors (Lipinski definition) is 3. The highest BCUT2D eigenvalue weighted by molar-refractivity contribution is 5.99. The van der Waals surface area contributed by atoms with Gasteiger partial charge in [-0.2, -0.15) is 0 Å². The van der Waals surface area contributed by atoms with Crippen LogP contribution in [0.25, 0.3) is 0 Å². The Labute approximate surface area is 139 Å². The summed E-state index contributed by atoms with van der Waals surface area (Å²) >= 11 is 0. The Morgan fingerprint density at radius 3 is 2.65 bits per heavy atom. The molecule has 0 bridgehead atoms. The average molecular weight is 318 g/mol. The molecule has 0 aromatic rings. The zero-order chi connectivity index (χ0) is 16.5. The van der Waals surface area contributed by atoms with Crippen LogP contribution in [0, 0.1) is 28.6 Å². The predicted octanol–water partition coefficient (Wildman–Crippen LogP) is 3.50. The lowest BCUT2D eigenvalue weighted by Gasteiger charge is -2.62. The molecule has 3 saturated carbocycles. The Bertz CT molecular complexity index is 555.